The quantitative estimate of drug-likeness (QED) is 0.732. The van der Waals surface area contributed by atoms with Crippen LogP contribution in [0.2, 0.25) is 5.02 Å². The summed E-state index contributed by atoms with van der Waals surface area (Å²) in [5, 5.41) is 8.08. The number of benzene rings is 2. The average molecular weight is 361 g/mol. The maximum absolute atomic E-state index is 6.16. The van der Waals surface area contributed by atoms with Crippen molar-refractivity contribution in [3.63, 3.8) is 0 Å². The molecule has 2 aromatic rings. The highest BCUT2D eigenvalue weighted by molar-refractivity contribution is 7.80. The van der Waals surface area contributed by atoms with Crippen LogP contribution in [0.5, 0.6) is 0 Å². The van der Waals surface area contributed by atoms with E-state index in [-0.39, 0.29) is 0 Å². The molecule has 1 fully saturated rings. The summed E-state index contributed by atoms with van der Waals surface area (Å²) < 4.78 is 0. The molecule has 2 atom stereocenters. The number of likely N-dealkylation sites (tertiary alicyclic amines) is 1. The van der Waals surface area contributed by atoms with E-state index >= 15 is 0 Å². The Morgan fingerprint density at radius 3 is 2.79 bits per heavy atom. The van der Waals surface area contributed by atoms with Crippen LogP contribution in [0.1, 0.15) is 17.5 Å². The van der Waals surface area contributed by atoms with E-state index in [0.29, 0.717) is 11.2 Å². The summed E-state index contributed by atoms with van der Waals surface area (Å²) in [7, 11) is 0. The molecule has 3 rings (SSSR count). The van der Waals surface area contributed by atoms with E-state index < -0.39 is 0 Å². The van der Waals surface area contributed by atoms with Gasteiger partial charge in [0.15, 0.2) is 5.11 Å². The first-order valence-corrected chi connectivity index (χ1v) is 9.10. The predicted molar refractivity (Wildman–Crippen MR) is 105 cm³/mol. The monoisotopic (exact) mass is 360 g/mol. The van der Waals surface area contributed by atoms with Crippen molar-refractivity contribution in [1.82, 2.24) is 5.32 Å². The fraction of sp³-hybridized carbons (Fsp3) is 0.316. The van der Waals surface area contributed by atoms with E-state index in [9.17, 15) is 0 Å². The van der Waals surface area contributed by atoms with Gasteiger partial charge in [-0.25, -0.2) is 0 Å². The first-order valence-electron chi connectivity index (χ1n) is 8.31. The van der Waals surface area contributed by atoms with Gasteiger partial charge in [-0.05, 0) is 36.8 Å². The lowest BCUT2D eigenvalue weighted by molar-refractivity contribution is -0.901. The summed E-state index contributed by atoms with van der Waals surface area (Å²) in [6.07, 6.45) is 1.14. The molecule has 0 saturated carbocycles. The van der Waals surface area contributed by atoms with Gasteiger partial charge in [0.05, 0.1) is 19.1 Å². The average Bonchev–Trinajstić information content (AvgIpc) is 2.99. The number of quaternary nitrogens is 1. The summed E-state index contributed by atoms with van der Waals surface area (Å²) in [6, 6.07) is 17.0. The van der Waals surface area contributed by atoms with E-state index in [1.807, 2.05) is 25.1 Å². The van der Waals surface area contributed by atoms with Gasteiger partial charge in [0, 0.05) is 22.7 Å². The maximum atomic E-state index is 6.16. The Morgan fingerprint density at radius 2 is 2.04 bits per heavy atom. The van der Waals surface area contributed by atoms with Crippen molar-refractivity contribution < 1.29 is 4.90 Å². The zero-order valence-electron chi connectivity index (χ0n) is 13.8. The van der Waals surface area contributed by atoms with Gasteiger partial charge in [-0.1, -0.05) is 48.0 Å². The number of thiocarbonyl (C=S) groups is 1. The van der Waals surface area contributed by atoms with Crippen LogP contribution in [0.15, 0.2) is 48.5 Å². The Kier molecular flexibility index (Phi) is 5.72. The van der Waals surface area contributed by atoms with Crippen LogP contribution in [0.4, 0.5) is 5.69 Å². The molecule has 0 aliphatic carbocycles. The maximum Gasteiger partial charge on any atom is 0.171 e. The number of anilines is 1. The van der Waals surface area contributed by atoms with Crippen LogP contribution in [0, 0.1) is 6.92 Å². The van der Waals surface area contributed by atoms with Crippen LogP contribution in [0.25, 0.3) is 0 Å². The molecule has 2 aromatic carbocycles. The standard InChI is InChI=1S/C19H22ClN3S/c1-14-7-8-16(11-18(14)20)21-19(24)22-17-9-10-23(13-17)12-15-5-3-2-4-6-15/h2-8,11,17H,9-10,12-13H2,1H3,(H2,21,22,24)/p+1/t17-/m0/s1. The SMILES string of the molecule is Cc1ccc(NC(=S)N[C@H]2CC[NH+](Cc3ccccc3)C2)cc1Cl. The molecule has 24 heavy (non-hydrogen) atoms. The smallest absolute Gasteiger partial charge is 0.171 e. The van der Waals surface area contributed by atoms with Gasteiger partial charge in [0.1, 0.15) is 6.54 Å². The second-order valence-corrected chi connectivity index (χ2v) is 7.23. The molecule has 3 nitrogen and oxygen atoms in total. The Labute approximate surface area is 154 Å². The van der Waals surface area contributed by atoms with Crippen molar-refractivity contribution in [1.29, 1.82) is 0 Å². The van der Waals surface area contributed by atoms with E-state index in [2.05, 4.69) is 41.0 Å². The fourth-order valence-corrected chi connectivity index (χ4v) is 3.59. The topological polar surface area (TPSA) is 28.5 Å². The zero-order valence-corrected chi connectivity index (χ0v) is 15.4. The molecule has 1 heterocycles. The second-order valence-electron chi connectivity index (χ2n) is 6.41. The summed E-state index contributed by atoms with van der Waals surface area (Å²) in [4.78, 5) is 1.60. The summed E-state index contributed by atoms with van der Waals surface area (Å²) in [6.45, 7) is 5.33. The van der Waals surface area contributed by atoms with Gasteiger partial charge in [-0.15, -0.1) is 0 Å². The van der Waals surface area contributed by atoms with E-state index in [0.717, 1.165) is 35.8 Å². The van der Waals surface area contributed by atoms with Gasteiger partial charge in [-0.2, -0.15) is 0 Å². The van der Waals surface area contributed by atoms with Crippen LogP contribution in [0.3, 0.4) is 0 Å². The van der Waals surface area contributed by atoms with Crippen molar-refractivity contribution in [3.8, 4) is 0 Å². The largest absolute Gasteiger partial charge is 0.354 e. The van der Waals surface area contributed by atoms with Crippen molar-refractivity contribution in [2.75, 3.05) is 18.4 Å². The van der Waals surface area contributed by atoms with Crippen molar-refractivity contribution in [3.05, 3.63) is 64.7 Å². The van der Waals surface area contributed by atoms with Gasteiger partial charge in [0.25, 0.3) is 0 Å². The van der Waals surface area contributed by atoms with Crippen molar-refractivity contribution in [2.24, 2.45) is 0 Å². The third-order valence-electron chi connectivity index (χ3n) is 4.44. The highest BCUT2D eigenvalue weighted by atomic mass is 35.5. The molecule has 126 valence electrons. The third kappa shape index (κ3) is 4.69. The lowest BCUT2D eigenvalue weighted by Gasteiger charge is -2.16. The minimum absolute atomic E-state index is 0.421. The Bertz CT molecular complexity index is 705. The minimum atomic E-state index is 0.421. The number of aryl methyl sites for hydroxylation is 1. The molecule has 0 spiro atoms. The lowest BCUT2D eigenvalue weighted by Crippen LogP contribution is -3.09. The Hall–Kier alpha value is -1.62. The van der Waals surface area contributed by atoms with Gasteiger partial charge in [0.2, 0.25) is 0 Å². The van der Waals surface area contributed by atoms with E-state index in [4.69, 9.17) is 23.8 Å². The van der Waals surface area contributed by atoms with E-state index in [1.165, 1.54) is 12.1 Å². The first kappa shape index (κ1) is 17.2. The normalized spacial score (nSPS) is 19.9. The number of rotatable bonds is 4. The van der Waals surface area contributed by atoms with Crippen LogP contribution in [-0.4, -0.2) is 24.2 Å². The molecule has 0 bridgehead atoms. The molecule has 1 unspecified atom stereocenters. The molecular weight excluding hydrogens is 338 g/mol. The molecule has 0 radical (unpaired) electrons. The molecule has 0 amide bonds. The van der Waals surface area contributed by atoms with Gasteiger partial charge >= 0.3 is 0 Å². The molecule has 0 aromatic heterocycles. The summed E-state index contributed by atoms with van der Waals surface area (Å²) >= 11 is 11.6. The zero-order chi connectivity index (χ0) is 16.9. The molecule has 1 aliphatic rings. The van der Waals surface area contributed by atoms with Gasteiger partial charge in [-0.3, -0.25) is 0 Å². The van der Waals surface area contributed by atoms with Gasteiger partial charge < -0.3 is 15.5 Å². The number of nitrogens with one attached hydrogen (secondary N) is 3. The lowest BCUT2D eigenvalue weighted by atomic mass is 10.2. The fourth-order valence-electron chi connectivity index (χ4n) is 3.12. The molecule has 1 saturated heterocycles. The third-order valence-corrected chi connectivity index (χ3v) is 5.07. The number of hydrogen-bond donors (Lipinski definition) is 3. The minimum Gasteiger partial charge on any atom is -0.354 e. The predicted octanol–water partition coefficient (Wildman–Crippen LogP) is 2.79. The molecule has 3 N–H and O–H groups in total. The van der Waals surface area contributed by atoms with E-state index in [1.54, 1.807) is 4.90 Å². The van der Waals surface area contributed by atoms with Crippen molar-refractivity contribution >= 4 is 34.6 Å². The molecule has 5 heteroatoms. The molecule has 1 aliphatic heterocycles. The highest BCUT2D eigenvalue weighted by Crippen LogP contribution is 2.19. The summed E-state index contributed by atoms with van der Waals surface area (Å²) in [5.41, 5.74) is 3.38. The Balaban J connectivity index is 1.48. The molecular formula is C19H23ClN3S+. The number of halogens is 1. The van der Waals surface area contributed by atoms with Crippen LogP contribution in [-0.2, 0) is 6.54 Å². The summed E-state index contributed by atoms with van der Waals surface area (Å²) in [5.74, 6) is 0. The second kappa shape index (κ2) is 7.97. The number of hydrogen-bond acceptors (Lipinski definition) is 1. The highest BCUT2D eigenvalue weighted by Gasteiger charge is 2.26. The van der Waals surface area contributed by atoms with Crippen LogP contribution < -0.4 is 15.5 Å². The Morgan fingerprint density at radius 1 is 1.25 bits per heavy atom. The van der Waals surface area contributed by atoms with Crippen molar-refractivity contribution in [2.45, 2.75) is 25.9 Å². The first-order chi connectivity index (χ1) is 11.6. The van der Waals surface area contributed by atoms with Crippen LogP contribution >= 0.6 is 23.8 Å².